The molecule has 20 heteroatoms. The van der Waals surface area contributed by atoms with E-state index in [4.69, 9.17) is 70.1 Å². The summed E-state index contributed by atoms with van der Waals surface area (Å²) in [5.41, 5.74) is 0.254. The number of aromatic carboxylic acids is 1. The van der Waals surface area contributed by atoms with Crippen molar-refractivity contribution in [3.05, 3.63) is 116 Å². The molecule has 0 bridgehead atoms. The highest BCUT2D eigenvalue weighted by Crippen LogP contribution is 2.38. The van der Waals surface area contributed by atoms with Gasteiger partial charge in [-0.15, -0.1) is 11.6 Å². The predicted molar refractivity (Wildman–Crippen MR) is 216 cm³/mol. The molecule has 1 aromatic heterocycles. The minimum atomic E-state index is -4.58. The first kappa shape index (κ1) is 48.8. The van der Waals surface area contributed by atoms with E-state index in [1.165, 1.54) is 4.90 Å². The van der Waals surface area contributed by atoms with E-state index in [2.05, 4.69) is 13.8 Å². The lowest BCUT2D eigenvalue weighted by Crippen LogP contribution is -2.45. The molecule has 59 heavy (non-hydrogen) atoms. The van der Waals surface area contributed by atoms with Gasteiger partial charge in [0.1, 0.15) is 47.3 Å². The second-order valence-corrected chi connectivity index (χ2v) is 14.6. The molecule has 0 aliphatic carbocycles. The standard InChI is InChI=1S/C14H7ClF3NO5.C14H20ClNO2.C11H13Cl2NO3/c15-10-5-7(14(16,17)18)1-4-12(10)24-8-2-3-11(19(22)23)9(6-8)13(20)21;1-4-11-7-6-8-12(5-2)14(11)16(10-18-3)13(17)9-15;1-11(2)14(10(15)9(12)13)6-8(17-11)7-4-3-5-16-7/h1-6H,(H,20,21);6-8H,4-5,9-10H2,1-3H3;3-5,8-9H,6H2,1-2H3. The molecule has 1 N–H and O–H groups in total. The fraction of sp³-hybridized carbons (Fsp3) is 0.359. The summed E-state index contributed by atoms with van der Waals surface area (Å²) < 4.78 is 59.1. The number of rotatable bonds is 12. The molecule has 320 valence electrons. The van der Waals surface area contributed by atoms with Gasteiger partial charge in [-0.1, -0.05) is 66.8 Å². The third-order valence-corrected chi connectivity index (χ3v) is 9.43. The number of nitrogens with zero attached hydrogens (tertiary/aromatic N) is 3. The van der Waals surface area contributed by atoms with Crippen LogP contribution in [0.4, 0.5) is 24.5 Å². The Hall–Kier alpha value is -4.58. The van der Waals surface area contributed by atoms with E-state index in [9.17, 15) is 37.7 Å². The molecule has 0 spiro atoms. The zero-order valence-electron chi connectivity index (χ0n) is 32.2. The Morgan fingerprint density at radius 2 is 1.69 bits per heavy atom. The summed E-state index contributed by atoms with van der Waals surface area (Å²) >= 11 is 22.6. The molecule has 1 saturated heterocycles. The highest BCUT2D eigenvalue weighted by Gasteiger charge is 2.45. The predicted octanol–water partition coefficient (Wildman–Crippen LogP) is 10.5. The number of nitro groups is 1. The SMILES string of the molecule is CC1(C)OC(c2ccco2)CN1C(=O)C(Cl)Cl.CCc1cccc(CC)c1N(COC)C(=O)CCl.O=C(O)c1cc(Oc2ccc(C(F)(F)F)cc2Cl)ccc1[N+](=O)[O-]. The van der Waals surface area contributed by atoms with Crippen LogP contribution in [0, 0.1) is 10.1 Å². The first-order valence-corrected chi connectivity index (χ1v) is 19.3. The van der Waals surface area contributed by atoms with Gasteiger partial charge >= 0.3 is 12.1 Å². The molecular weight excluding hydrogens is 869 g/mol. The van der Waals surface area contributed by atoms with Gasteiger partial charge in [-0.05, 0) is 74.2 Å². The van der Waals surface area contributed by atoms with E-state index in [1.807, 2.05) is 24.3 Å². The molecule has 1 fully saturated rings. The number of halogens is 7. The monoisotopic (exact) mass is 907 g/mol. The number of ether oxygens (including phenoxy) is 3. The van der Waals surface area contributed by atoms with Crippen LogP contribution >= 0.6 is 46.4 Å². The van der Waals surface area contributed by atoms with Crippen molar-refractivity contribution >= 4 is 75.6 Å². The van der Waals surface area contributed by atoms with Gasteiger partial charge in [-0.25, -0.2) is 4.79 Å². The molecular formula is C39H40Cl4F3N3O10. The number of hydrogen-bond acceptors (Lipinski definition) is 9. The molecule has 2 heterocycles. The van der Waals surface area contributed by atoms with Gasteiger partial charge in [0.15, 0.2) is 4.84 Å². The summed E-state index contributed by atoms with van der Waals surface area (Å²) in [5, 5.41) is 19.4. The molecule has 5 rings (SSSR count). The lowest BCUT2D eigenvalue weighted by Gasteiger charge is -2.29. The minimum absolute atomic E-state index is 0.0371. The van der Waals surface area contributed by atoms with E-state index in [-0.39, 0.29) is 47.1 Å². The van der Waals surface area contributed by atoms with Crippen molar-refractivity contribution in [2.75, 3.05) is 31.2 Å². The zero-order valence-corrected chi connectivity index (χ0v) is 35.3. The largest absolute Gasteiger partial charge is 0.477 e. The van der Waals surface area contributed by atoms with E-state index < -0.39 is 44.4 Å². The van der Waals surface area contributed by atoms with Crippen LogP contribution in [0.1, 0.15) is 66.6 Å². The van der Waals surface area contributed by atoms with E-state index in [0.717, 1.165) is 60.0 Å². The second kappa shape index (κ2) is 21.6. The van der Waals surface area contributed by atoms with Crippen LogP contribution in [0.2, 0.25) is 5.02 Å². The Bertz CT molecular complexity index is 2060. The highest BCUT2D eigenvalue weighted by molar-refractivity contribution is 6.53. The third-order valence-electron chi connectivity index (χ3n) is 8.53. The number of alkyl halides is 6. The molecule has 2 amide bonds. The summed E-state index contributed by atoms with van der Waals surface area (Å²) in [6.07, 6.45) is -1.54. The quantitative estimate of drug-likeness (QED) is 0.0627. The Labute approximate surface area is 357 Å². The molecule has 1 unspecified atom stereocenters. The number of carbonyl (C=O) groups excluding carboxylic acids is 2. The summed E-state index contributed by atoms with van der Waals surface area (Å²) in [6.45, 7) is 8.36. The number of hydrogen-bond donors (Lipinski definition) is 1. The van der Waals surface area contributed by atoms with Crippen molar-refractivity contribution in [1.29, 1.82) is 0 Å². The van der Waals surface area contributed by atoms with Crippen LogP contribution in [0.5, 0.6) is 11.5 Å². The van der Waals surface area contributed by atoms with Gasteiger partial charge in [-0.2, -0.15) is 13.2 Å². The van der Waals surface area contributed by atoms with Gasteiger partial charge in [0.2, 0.25) is 5.91 Å². The smallest absolute Gasteiger partial charge is 0.416 e. The van der Waals surface area contributed by atoms with Crippen molar-refractivity contribution < 1.29 is 56.2 Å². The Balaban J connectivity index is 0.000000241. The number of amides is 2. The molecule has 3 aromatic carbocycles. The number of carboxylic acid groups (broad SMARTS) is 1. The van der Waals surface area contributed by atoms with E-state index in [0.29, 0.717) is 18.4 Å². The molecule has 13 nitrogen and oxygen atoms in total. The van der Waals surface area contributed by atoms with Crippen molar-refractivity contribution in [3.8, 4) is 11.5 Å². The van der Waals surface area contributed by atoms with Crippen molar-refractivity contribution in [3.63, 3.8) is 0 Å². The fourth-order valence-corrected chi connectivity index (χ4v) is 6.35. The molecule has 1 aliphatic rings. The van der Waals surface area contributed by atoms with Crippen molar-refractivity contribution in [1.82, 2.24) is 4.90 Å². The first-order chi connectivity index (χ1) is 27.7. The maximum absolute atomic E-state index is 12.6. The molecule has 0 saturated carbocycles. The Kier molecular flexibility index (Phi) is 17.9. The number of carboxylic acids is 1. The van der Waals surface area contributed by atoms with Crippen LogP contribution in [0.15, 0.2) is 77.4 Å². The van der Waals surface area contributed by atoms with E-state index in [1.54, 1.807) is 38.2 Å². The Morgan fingerprint density at radius 3 is 2.17 bits per heavy atom. The number of nitro benzene ring substituents is 1. The van der Waals surface area contributed by atoms with Crippen LogP contribution in [-0.4, -0.2) is 69.5 Å². The van der Waals surface area contributed by atoms with Crippen molar-refractivity contribution in [2.45, 2.75) is 63.4 Å². The fourth-order valence-electron chi connectivity index (χ4n) is 5.75. The number of aryl methyl sites for hydroxylation is 2. The van der Waals surface area contributed by atoms with E-state index >= 15 is 0 Å². The summed E-state index contributed by atoms with van der Waals surface area (Å²) in [4.78, 5) is 46.8. The number of para-hydroxylation sites is 1. The number of benzene rings is 3. The highest BCUT2D eigenvalue weighted by atomic mass is 35.5. The first-order valence-electron chi connectivity index (χ1n) is 17.5. The van der Waals surface area contributed by atoms with Crippen molar-refractivity contribution in [2.24, 2.45) is 0 Å². The zero-order chi connectivity index (χ0) is 44.2. The topological polar surface area (TPSA) is 162 Å². The summed E-state index contributed by atoms with van der Waals surface area (Å²) in [5.74, 6) is -1.67. The minimum Gasteiger partial charge on any atom is -0.477 e. The Morgan fingerprint density at radius 1 is 1.05 bits per heavy atom. The normalized spacial score (nSPS) is 14.5. The maximum Gasteiger partial charge on any atom is 0.416 e. The second-order valence-electron chi connectivity index (χ2n) is 12.8. The maximum atomic E-state index is 12.6. The number of methoxy groups -OCH3 is 1. The lowest BCUT2D eigenvalue weighted by atomic mass is 10.0. The number of furan rings is 1. The van der Waals surface area contributed by atoms with Crippen LogP contribution in [0.3, 0.4) is 0 Å². The van der Waals surface area contributed by atoms with Gasteiger partial charge in [0, 0.05) is 19.2 Å². The molecule has 1 atom stereocenters. The molecule has 1 aliphatic heterocycles. The number of anilines is 1. The van der Waals surface area contributed by atoms with Gasteiger partial charge in [0.25, 0.3) is 11.6 Å². The molecule has 0 radical (unpaired) electrons. The van der Waals surface area contributed by atoms with Gasteiger partial charge < -0.3 is 28.6 Å². The summed E-state index contributed by atoms with van der Waals surface area (Å²) in [7, 11) is 1.58. The van der Waals surface area contributed by atoms with Crippen LogP contribution in [0.25, 0.3) is 0 Å². The third kappa shape index (κ3) is 13.0. The van der Waals surface area contributed by atoms with Crippen LogP contribution in [-0.2, 0) is 38.1 Å². The lowest BCUT2D eigenvalue weighted by molar-refractivity contribution is -0.385. The summed E-state index contributed by atoms with van der Waals surface area (Å²) in [6, 6.07) is 15.0. The van der Waals surface area contributed by atoms with Gasteiger partial charge in [-0.3, -0.25) is 24.6 Å². The van der Waals surface area contributed by atoms with Crippen LogP contribution < -0.4 is 9.64 Å². The number of carbonyl (C=O) groups is 3. The average Bonchev–Trinajstić information content (AvgIpc) is 3.84. The average molecular weight is 910 g/mol. The molecule has 4 aromatic rings. The van der Waals surface area contributed by atoms with Gasteiger partial charge in [0.05, 0.1) is 34.0 Å².